The predicted molar refractivity (Wildman–Crippen MR) is 72.6 cm³/mol. The van der Waals surface area contributed by atoms with E-state index >= 15 is 0 Å². The minimum absolute atomic E-state index is 0.0197. The zero-order valence-corrected chi connectivity index (χ0v) is 11.7. The zero-order chi connectivity index (χ0) is 13.9. The number of hydrogen-bond acceptors (Lipinski definition) is 2. The number of Topliss-reactive ketones (excluding diaryl/α,β-unsaturated/α-hetero) is 1. The van der Waals surface area contributed by atoms with Crippen molar-refractivity contribution in [1.82, 2.24) is 4.90 Å². The van der Waals surface area contributed by atoms with Crippen LogP contribution in [0.25, 0.3) is 0 Å². The highest BCUT2D eigenvalue weighted by Gasteiger charge is 2.27. The molecule has 0 aromatic heterocycles. The van der Waals surface area contributed by atoms with Crippen LogP contribution < -0.4 is 0 Å². The molecule has 0 spiro atoms. The van der Waals surface area contributed by atoms with Gasteiger partial charge in [-0.2, -0.15) is 0 Å². The third kappa shape index (κ3) is 3.19. The van der Waals surface area contributed by atoms with Crippen LogP contribution in [0.15, 0.2) is 24.3 Å². The molecule has 3 nitrogen and oxygen atoms in total. The van der Waals surface area contributed by atoms with E-state index in [0.717, 1.165) is 5.56 Å². The molecule has 98 valence electrons. The molecular weight excluding hydrogens is 226 g/mol. The van der Waals surface area contributed by atoms with E-state index in [1.54, 1.807) is 23.1 Å². The summed E-state index contributed by atoms with van der Waals surface area (Å²) in [7, 11) is 0. The number of benzene rings is 1. The standard InChI is InChI=1S/C15H21NO2/c1-10(2)16(11(3)4)15(18)14(17)13-8-6-7-12(5)9-13/h6-11H,1-5H3. The highest BCUT2D eigenvalue weighted by atomic mass is 16.2. The molecule has 0 bridgehead atoms. The van der Waals surface area contributed by atoms with Crippen LogP contribution in [0.2, 0.25) is 0 Å². The van der Waals surface area contributed by atoms with Gasteiger partial charge < -0.3 is 4.90 Å². The summed E-state index contributed by atoms with van der Waals surface area (Å²) in [4.78, 5) is 26.0. The Hall–Kier alpha value is -1.64. The number of amides is 1. The summed E-state index contributed by atoms with van der Waals surface area (Å²) >= 11 is 0. The Morgan fingerprint density at radius 3 is 2.06 bits per heavy atom. The molecule has 0 N–H and O–H groups in total. The van der Waals surface area contributed by atoms with Gasteiger partial charge in [-0.3, -0.25) is 9.59 Å². The van der Waals surface area contributed by atoms with E-state index in [0.29, 0.717) is 5.56 Å². The van der Waals surface area contributed by atoms with Gasteiger partial charge in [-0.15, -0.1) is 0 Å². The van der Waals surface area contributed by atoms with Crippen LogP contribution in [0.1, 0.15) is 43.6 Å². The van der Waals surface area contributed by atoms with Crippen LogP contribution in [0, 0.1) is 6.92 Å². The molecule has 0 heterocycles. The first kappa shape index (κ1) is 14.4. The van der Waals surface area contributed by atoms with Crippen LogP contribution in [-0.2, 0) is 4.79 Å². The van der Waals surface area contributed by atoms with E-state index in [1.165, 1.54) is 0 Å². The van der Waals surface area contributed by atoms with Crippen LogP contribution in [0.4, 0.5) is 0 Å². The van der Waals surface area contributed by atoms with Crippen LogP contribution in [-0.4, -0.2) is 28.7 Å². The topological polar surface area (TPSA) is 37.4 Å². The highest BCUT2D eigenvalue weighted by molar-refractivity contribution is 6.42. The Morgan fingerprint density at radius 1 is 1.06 bits per heavy atom. The Kier molecular flexibility index (Phi) is 4.65. The van der Waals surface area contributed by atoms with Crippen molar-refractivity contribution in [3.8, 4) is 0 Å². The van der Waals surface area contributed by atoms with E-state index in [2.05, 4.69) is 0 Å². The third-order valence-corrected chi connectivity index (χ3v) is 2.82. The molecule has 1 aromatic carbocycles. The van der Waals surface area contributed by atoms with E-state index in [-0.39, 0.29) is 12.1 Å². The summed E-state index contributed by atoms with van der Waals surface area (Å²) in [5, 5.41) is 0. The SMILES string of the molecule is Cc1cccc(C(=O)C(=O)N(C(C)C)C(C)C)c1. The average molecular weight is 247 g/mol. The average Bonchev–Trinajstić information content (AvgIpc) is 2.26. The molecule has 0 aliphatic rings. The van der Waals surface area contributed by atoms with Gasteiger partial charge in [0.05, 0.1) is 0 Å². The molecule has 0 saturated heterocycles. The van der Waals surface area contributed by atoms with E-state index in [9.17, 15) is 9.59 Å². The Balaban J connectivity index is 2.99. The molecule has 1 aromatic rings. The van der Waals surface area contributed by atoms with Gasteiger partial charge >= 0.3 is 0 Å². The molecule has 0 radical (unpaired) electrons. The molecular formula is C15H21NO2. The monoisotopic (exact) mass is 247 g/mol. The lowest BCUT2D eigenvalue weighted by molar-refractivity contribution is -0.129. The van der Waals surface area contributed by atoms with Crippen molar-refractivity contribution in [2.45, 2.75) is 46.7 Å². The number of rotatable bonds is 4. The van der Waals surface area contributed by atoms with Crippen molar-refractivity contribution < 1.29 is 9.59 Å². The second kappa shape index (κ2) is 5.80. The van der Waals surface area contributed by atoms with E-state index < -0.39 is 11.7 Å². The Labute approximate surface area is 109 Å². The maximum Gasteiger partial charge on any atom is 0.295 e. The first-order chi connectivity index (χ1) is 8.34. The van der Waals surface area contributed by atoms with Crippen molar-refractivity contribution in [1.29, 1.82) is 0 Å². The summed E-state index contributed by atoms with van der Waals surface area (Å²) in [5.41, 5.74) is 1.44. The van der Waals surface area contributed by atoms with Gasteiger partial charge in [0, 0.05) is 17.6 Å². The first-order valence-electron chi connectivity index (χ1n) is 6.28. The molecule has 0 atom stereocenters. The van der Waals surface area contributed by atoms with Gasteiger partial charge in [-0.05, 0) is 40.7 Å². The molecule has 1 rings (SSSR count). The van der Waals surface area contributed by atoms with Crippen molar-refractivity contribution in [3.63, 3.8) is 0 Å². The largest absolute Gasteiger partial charge is 0.331 e. The van der Waals surface area contributed by atoms with Crippen molar-refractivity contribution in [2.24, 2.45) is 0 Å². The molecule has 0 fully saturated rings. The highest BCUT2D eigenvalue weighted by Crippen LogP contribution is 2.11. The maximum atomic E-state index is 12.2. The molecule has 0 unspecified atom stereocenters. The number of ketones is 1. The molecule has 0 aliphatic carbocycles. The normalized spacial score (nSPS) is 10.8. The minimum Gasteiger partial charge on any atom is -0.331 e. The number of carbonyl (C=O) groups is 2. The van der Waals surface area contributed by atoms with Gasteiger partial charge in [0.25, 0.3) is 5.91 Å². The zero-order valence-electron chi connectivity index (χ0n) is 11.7. The van der Waals surface area contributed by atoms with Gasteiger partial charge in [0.15, 0.2) is 0 Å². The van der Waals surface area contributed by atoms with Crippen LogP contribution in [0.5, 0.6) is 0 Å². The fourth-order valence-corrected chi connectivity index (χ4v) is 2.09. The quantitative estimate of drug-likeness (QED) is 0.606. The lowest BCUT2D eigenvalue weighted by Crippen LogP contribution is -2.45. The fraction of sp³-hybridized carbons (Fsp3) is 0.467. The minimum atomic E-state index is -0.430. The summed E-state index contributed by atoms with van der Waals surface area (Å²) in [6.45, 7) is 9.58. The fourth-order valence-electron chi connectivity index (χ4n) is 2.09. The van der Waals surface area contributed by atoms with Crippen molar-refractivity contribution >= 4 is 11.7 Å². The van der Waals surface area contributed by atoms with Gasteiger partial charge in [0.2, 0.25) is 5.78 Å². The van der Waals surface area contributed by atoms with Crippen LogP contribution in [0.3, 0.4) is 0 Å². The van der Waals surface area contributed by atoms with E-state index in [4.69, 9.17) is 0 Å². The smallest absolute Gasteiger partial charge is 0.295 e. The number of aryl methyl sites for hydroxylation is 1. The molecule has 0 saturated carbocycles. The van der Waals surface area contributed by atoms with Gasteiger partial charge in [0.1, 0.15) is 0 Å². The second-order valence-electron chi connectivity index (χ2n) is 5.10. The van der Waals surface area contributed by atoms with Crippen molar-refractivity contribution in [2.75, 3.05) is 0 Å². The second-order valence-corrected chi connectivity index (χ2v) is 5.10. The lowest BCUT2D eigenvalue weighted by Gasteiger charge is -2.30. The van der Waals surface area contributed by atoms with Crippen LogP contribution >= 0.6 is 0 Å². The van der Waals surface area contributed by atoms with Gasteiger partial charge in [-0.1, -0.05) is 23.8 Å². The third-order valence-electron chi connectivity index (χ3n) is 2.82. The first-order valence-corrected chi connectivity index (χ1v) is 6.28. The number of carbonyl (C=O) groups excluding carboxylic acids is 2. The molecule has 3 heteroatoms. The number of nitrogens with zero attached hydrogens (tertiary/aromatic N) is 1. The van der Waals surface area contributed by atoms with E-state index in [1.807, 2.05) is 40.7 Å². The van der Waals surface area contributed by atoms with Crippen molar-refractivity contribution in [3.05, 3.63) is 35.4 Å². The molecule has 1 amide bonds. The Bertz CT molecular complexity index is 442. The molecule has 18 heavy (non-hydrogen) atoms. The summed E-state index contributed by atoms with van der Waals surface area (Å²) in [5.74, 6) is -0.855. The maximum absolute atomic E-state index is 12.2. The lowest BCUT2D eigenvalue weighted by atomic mass is 10.1. The number of hydrogen-bond donors (Lipinski definition) is 0. The predicted octanol–water partition coefficient (Wildman–Crippen LogP) is 2.82. The summed E-state index contributed by atoms with van der Waals surface area (Å²) in [6, 6.07) is 7.18. The van der Waals surface area contributed by atoms with Gasteiger partial charge in [-0.25, -0.2) is 0 Å². The Morgan fingerprint density at radius 2 is 1.61 bits per heavy atom. The summed E-state index contributed by atoms with van der Waals surface area (Å²) in [6.07, 6.45) is 0. The molecule has 0 aliphatic heterocycles. The summed E-state index contributed by atoms with van der Waals surface area (Å²) < 4.78 is 0.